The van der Waals surface area contributed by atoms with Gasteiger partial charge in [-0.05, 0) is 25.7 Å². The molecular formula is C14H22N4O2S. The average molecular weight is 310 g/mol. The zero-order valence-electron chi connectivity index (χ0n) is 12.4. The molecule has 0 radical (unpaired) electrons. The van der Waals surface area contributed by atoms with E-state index in [0.717, 1.165) is 17.8 Å². The molecular weight excluding hydrogens is 288 g/mol. The van der Waals surface area contributed by atoms with Crippen LogP contribution < -0.4 is 5.32 Å². The minimum Gasteiger partial charge on any atom is -0.383 e. The summed E-state index contributed by atoms with van der Waals surface area (Å²) >= 11 is 1.50. The summed E-state index contributed by atoms with van der Waals surface area (Å²) in [7, 11) is 1.66. The highest BCUT2D eigenvalue weighted by molar-refractivity contribution is 7.15. The fourth-order valence-electron chi connectivity index (χ4n) is 2.80. The fraction of sp³-hybridized carbons (Fsp3) is 0.786. The van der Waals surface area contributed by atoms with Crippen LogP contribution in [0.2, 0.25) is 0 Å². The molecule has 2 amide bonds. The Labute approximate surface area is 128 Å². The highest BCUT2D eigenvalue weighted by Gasteiger charge is 2.29. The van der Waals surface area contributed by atoms with Gasteiger partial charge in [-0.25, -0.2) is 4.79 Å². The Hall–Kier alpha value is -1.21. The molecule has 2 saturated carbocycles. The predicted octanol–water partition coefficient (Wildman–Crippen LogP) is 2.84. The van der Waals surface area contributed by atoms with E-state index in [0.29, 0.717) is 30.2 Å². The van der Waals surface area contributed by atoms with Crippen molar-refractivity contribution in [3.63, 3.8) is 0 Å². The molecule has 2 fully saturated rings. The zero-order chi connectivity index (χ0) is 14.7. The van der Waals surface area contributed by atoms with Crippen LogP contribution in [0.5, 0.6) is 0 Å². The number of nitrogens with one attached hydrogen (secondary N) is 1. The molecule has 21 heavy (non-hydrogen) atoms. The van der Waals surface area contributed by atoms with E-state index < -0.39 is 0 Å². The third-order valence-corrected chi connectivity index (χ3v) is 5.14. The topological polar surface area (TPSA) is 67.3 Å². The quantitative estimate of drug-likeness (QED) is 0.877. The van der Waals surface area contributed by atoms with E-state index in [1.165, 1.54) is 37.0 Å². The van der Waals surface area contributed by atoms with Gasteiger partial charge >= 0.3 is 6.03 Å². The number of nitrogens with zero attached hydrogens (tertiary/aromatic N) is 3. The molecule has 1 aromatic rings. The second-order valence-corrected chi connectivity index (χ2v) is 6.78. The molecule has 7 heteroatoms. The predicted molar refractivity (Wildman–Crippen MR) is 81.7 cm³/mol. The van der Waals surface area contributed by atoms with E-state index in [2.05, 4.69) is 15.5 Å². The monoisotopic (exact) mass is 310 g/mol. The number of aromatic nitrogens is 2. The molecule has 0 aliphatic heterocycles. The average Bonchev–Trinajstić information content (AvgIpc) is 3.00. The van der Waals surface area contributed by atoms with Crippen LogP contribution in [0.25, 0.3) is 0 Å². The molecule has 6 nitrogen and oxygen atoms in total. The Kier molecular flexibility index (Phi) is 4.70. The van der Waals surface area contributed by atoms with Crippen LogP contribution in [-0.4, -0.2) is 47.4 Å². The molecule has 1 N–H and O–H groups in total. The van der Waals surface area contributed by atoms with Crippen molar-refractivity contribution in [2.45, 2.75) is 50.5 Å². The number of carbonyl (C=O) groups excluding carboxylic acids is 1. The summed E-state index contributed by atoms with van der Waals surface area (Å²) in [5.74, 6) is 0.576. The summed E-state index contributed by atoms with van der Waals surface area (Å²) in [6, 6.07) is 0.258. The van der Waals surface area contributed by atoms with E-state index in [4.69, 9.17) is 4.74 Å². The van der Waals surface area contributed by atoms with Crippen LogP contribution in [0, 0.1) is 0 Å². The van der Waals surface area contributed by atoms with Gasteiger partial charge in [-0.1, -0.05) is 24.2 Å². The van der Waals surface area contributed by atoms with Gasteiger partial charge in [-0.15, -0.1) is 10.2 Å². The zero-order valence-corrected chi connectivity index (χ0v) is 13.2. The molecule has 2 aliphatic rings. The molecule has 0 bridgehead atoms. The minimum absolute atomic E-state index is 0.0718. The number of hydrogen-bond acceptors (Lipinski definition) is 5. The summed E-state index contributed by atoms with van der Waals surface area (Å²) in [5, 5.41) is 12.8. The first-order chi connectivity index (χ1) is 10.3. The lowest BCUT2D eigenvalue weighted by molar-refractivity contribution is 0.136. The van der Waals surface area contributed by atoms with Gasteiger partial charge in [-0.2, -0.15) is 0 Å². The number of carbonyl (C=O) groups is 1. The SMILES string of the molecule is COCCN(C(=O)Nc1nnc(C2CC2)s1)C1CCCC1. The smallest absolute Gasteiger partial charge is 0.324 e. The number of anilines is 1. The van der Waals surface area contributed by atoms with Crippen molar-refractivity contribution in [3.8, 4) is 0 Å². The molecule has 116 valence electrons. The van der Waals surface area contributed by atoms with Gasteiger partial charge in [-0.3, -0.25) is 5.32 Å². The van der Waals surface area contributed by atoms with Crippen molar-refractivity contribution < 1.29 is 9.53 Å². The van der Waals surface area contributed by atoms with E-state index in [9.17, 15) is 4.79 Å². The standard InChI is InChI=1S/C14H22N4O2S/c1-20-9-8-18(11-4-2-3-5-11)14(19)15-13-17-16-12(21-13)10-6-7-10/h10-11H,2-9H2,1H3,(H,15,17,19). The molecule has 0 atom stereocenters. The lowest BCUT2D eigenvalue weighted by Gasteiger charge is -2.28. The molecule has 0 aromatic carbocycles. The van der Waals surface area contributed by atoms with Crippen molar-refractivity contribution in [3.05, 3.63) is 5.01 Å². The van der Waals surface area contributed by atoms with Crippen LogP contribution in [0.1, 0.15) is 49.5 Å². The Bertz CT molecular complexity index is 483. The molecule has 3 rings (SSSR count). The Balaban J connectivity index is 1.61. The third-order valence-electron chi connectivity index (χ3n) is 4.14. The summed E-state index contributed by atoms with van der Waals surface area (Å²) in [4.78, 5) is 14.4. The molecule has 2 aliphatic carbocycles. The van der Waals surface area contributed by atoms with Crippen molar-refractivity contribution in [2.24, 2.45) is 0 Å². The molecule has 1 aromatic heterocycles. The van der Waals surface area contributed by atoms with Crippen molar-refractivity contribution in [1.29, 1.82) is 0 Å². The third kappa shape index (κ3) is 3.71. The van der Waals surface area contributed by atoms with Gasteiger partial charge in [0.25, 0.3) is 0 Å². The number of methoxy groups -OCH3 is 1. The minimum atomic E-state index is -0.0718. The Morgan fingerprint density at radius 3 is 2.76 bits per heavy atom. The van der Waals surface area contributed by atoms with Crippen LogP contribution in [-0.2, 0) is 4.74 Å². The number of hydrogen-bond donors (Lipinski definition) is 1. The summed E-state index contributed by atoms with van der Waals surface area (Å²) in [6.07, 6.45) is 6.97. The van der Waals surface area contributed by atoms with E-state index in [-0.39, 0.29) is 6.03 Å². The number of urea groups is 1. The van der Waals surface area contributed by atoms with E-state index >= 15 is 0 Å². The molecule has 0 unspecified atom stereocenters. The van der Waals surface area contributed by atoms with Gasteiger partial charge < -0.3 is 9.64 Å². The first-order valence-corrected chi connectivity index (χ1v) is 8.49. The van der Waals surface area contributed by atoms with E-state index in [1.807, 2.05) is 4.90 Å². The normalized spacial score (nSPS) is 18.9. The van der Waals surface area contributed by atoms with E-state index in [1.54, 1.807) is 7.11 Å². The second-order valence-electron chi connectivity index (χ2n) is 5.77. The molecule has 1 heterocycles. The molecule has 0 spiro atoms. The number of ether oxygens (including phenoxy) is 1. The number of rotatable bonds is 6. The Morgan fingerprint density at radius 1 is 1.33 bits per heavy atom. The maximum Gasteiger partial charge on any atom is 0.324 e. The summed E-state index contributed by atoms with van der Waals surface area (Å²) in [5.41, 5.74) is 0. The fourth-order valence-corrected chi connectivity index (χ4v) is 3.70. The highest BCUT2D eigenvalue weighted by atomic mass is 32.1. The first kappa shape index (κ1) is 14.7. The summed E-state index contributed by atoms with van der Waals surface area (Å²) < 4.78 is 5.13. The summed E-state index contributed by atoms with van der Waals surface area (Å²) in [6.45, 7) is 1.19. The van der Waals surface area contributed by atoms with Gasteiger partial charge in [0, 0.05) is 25.6 Å². The van der Waals surface area contributed by atoms with Crippen molar-refractivity contribution >= 4 is 22.5 Å². The highest BCUT2D eigenvalue weighted by Crippen LogP contribution is 2.42. The second kappa shape index (κ2) is 6.70. The van der Waals surface area contributed by atoms with Crippen molar-refractivity contribution in [1.82, 2.24) is 15.1 Å². The van der Waals surface area contributed by atoms with Crippen LogP contribution in [0.4, 0.5) is 9.93 Å². The van der Waals surface area contributed by atoms with Gasteiger partial charge in [0.05, 0.1) is 6.61 Å². The van der Waals surface area contributed by atoms with Crippen LogP contribution in [0.3, 0.4) is 0 Å². The maximum absolute atomic E-state index is 12.5. The van der Waals surface area contributed by atoms with Crippen molar-refractivity contribution in [2.75, 3.05) is 25.6 Å². The van der Waals surface area contributed by atoms with Crippen LogP contribution in [0.15, 0.2) is 0 Å². The van der Waals surface area contributed by atoms with Gasteiger partial charge in [0.1, 0.15) is 5.01 Å². The van der Waals surface area contributed by atoms with Gasteiger partial charge in [0.2, 0.25) is 5.13 Å². The van der Waals surface area contributed by atoms with Crippen LogP contribution >= 0.6 is 11.3 Å². The lowest BCUT2D eigenvalue weighted by atomic mass is 10.2. The molecule has 0 saturated heterocycles. The Morgan fingerprint density at radius 2 is 2.10 bits per heavy atom. The number of amides is 2. The van der Waals surface area contributed by atoms with Gasteiger partial charge in [0.15, 0.2) is 0 Å². The largest absolute Gasteiger partial charge is 0.383 e. The maximum atomic E-state index is 12.5. The first-order valence-electron chi connectivity index (χ1n) is 7.68. The lowest BCUT2D eigenvalue weighted by Crippen LogP contribution is -2.43.